The summed E-state index contributed by atoms with van der Waals surface area (Å²) < 4.78 is 1.74. The van der Waals surface area contributed by atoms with E-state index in [1.165, 1.54) is 0 Å². The van der Waals surface area contributed by atoms with Crippen LogP contribution in [0.25, 0.3) is 0 Å². The Balaban J connectivity index is 3.06. The monoisotopic (exact) mass is 319 g/mol. The molecule has 0 unspecified atom stereocenters. The molecule has 1 aromatic rings. The van der Waals surface area contributed by atoms with Crippen LogP contribution < -0.4 is 0 Å². The van der Waals surface area contributed by atoms with Gasteiger partial charge < -0.3 is 4.90 Å². The average Bonchev–Trinajstić information content (AvgIpc) is 2.19. The van der Waals surface area contributed by atoms with Crippen LogP contribution in [-0.4, -0.2) is 24.4 Å². The predicted octanol–water partition coefficient (Wildman–Crippen LogP) is 3.30. The van der Waals surface area contributed by atoms with Gasteiger partial charge in [0.05, 0.1) is 5.56 Å². The standard InChI is InChI=1S/C10H11Br2NO/c1-3-13(2)10(14)8-6-7(11)4-5-9(8)12/h4-6H,3H2,1-2H3. The first-order valence-electron chi connectivity index (χ1n) is 4.26. The molecule has 0 saturated heterocycles. The highest BCUT2D eigenvalue weighted by atomic mass is 79.9. The molecule has 0 saturated carbocycles. The van der Waals surface area contributed by atoms with E-state index >= 15 is 0 Å². The molecule has 14 heavy (non-hydrogen) atoms. The van der Waals surface area contributed by atoms with Gasteiger partial charge in [-0.1, -0.05) is 15.9 Å². The maximum absolute atomic E-state index is 11.8. The molecule has 0 atom stereocenters. The Bertz CT molecular complexity index is 352. The minimum atomic E-state index is 0.0284. The molecule has 0 N–H and O–H groups in total. The topological polar surface area (TPSA) is 20.3 Å². The van der Waals surface area contributed by atoms with Crippen molar-refractivity contribution in [2.45, 2.75) is 6.92 Å². The minimum absolute atomic E-state index is 0.0284. The van der Waals surface area contributed by atoms with Crippen molar-refractivity contribution < 1.29 is 4.79 Å². The SMILES string of the molecule is CCN(C)C(=O)c1cc(Br)ccc1Br. The van der Waals surface area contributed by atoms with Crippen molar-refractivity contribution in [2.75, 3.05) is 13.6 Å². The van der Waals surface area contributed by atoms with Crippen LogP contribution >= 0.6 is 31.9 Å². The Kier molecular flexibility index (Phi) is 4.13. The molecule has 1 rings (SSSR count). The molecule has 76 valence electrons. The fourth-order valence-electron chi connectivity index (χ4n) is 1.01. The lowest BCUT2D eigenvalue weighted by Gasteiger charge is -2.15. The molecule has 2 nitrogen and oxygen atoms in total. The number of carbonyl (C=O) groups is 1. The van der Waals surface area contributed by atoms with Crippen LogP contribution in [0.3, 0.4) is 0 Å². The van der Waals surface area contributed by atoms with Crippen molar-refractivity contribution >= 4 is 37.8 Å². The van der Waals surface area contributed by atoms with E-state index in [-0.39, 0.29) is 5.91 Å². The molecule has 0 aliphatic rings. The van der Waals surface area contributed by atoms with E-state index < -0.39 is 0 Å². The summed E-state index contributed by atoms with van der Waals surface area (Å²) in [5.74, 6) is 0.0284. The molecular weight excluding hydrogens is 310 g/mol. The van der Waals surface area contributed by atoms with E-state index in [4.69, 9.17) is 0 Å². The van der Waals surface area contributed by atoms with Gasteiger partial charge in [0.1, 0.15) is 0 Å². The smallest absolute Gasteiger partial charge is 0.254 e. The third-order valence-electron chi connectivity index (χ3n) is 1.98. The van der Waals surface area contributed by atoms with Crippen LogP contribution in [0, 0.1) is 0 Å². The number of hydrogen-bond acceptors (Lipinski definition) is 1. The van der Waals surface area contributed by atoms with Crippen LogP contribution in [0.1, 0.15) is 17.3 Å². The third kappa shape index (κ3) is 2.58. The number of amides is 1. The average molecular weight is 321 g/mol. The summed E-state index contributed by atoms with van der Waals surface area (Å²) >= 11 is 6.70. The van der Waals surface area contributed by atoms with Gasteiger partial charge in [-0.3, -0.25) is 4.79 Å². The number of carbonyl (C=O) groups excluding carboxylic acids is 1. The van der Waals surface area contributed by atoms with E-state index in [2.05, 4.69) is 31.9 Å². The highest BCUT2D eigenvalue weighted by molar-refractivity contribution is 9.11. The molecule has 0 spiro atoms. The summed E-state index contributed by atoms with van der Waals surface area (Å²) in [5, 5.41) is 0. The zero-order chi connectivity index (χ0) is 10.7. The van der Waals surface area contributed by atoms with Crippen LogP contribution in [-0.2, 0) is 0 Å². The fourth-order valence-corrected chi connectivity index (χ4v) is 1.79. The molecule has 4 heteroatoms. The molecule has 0 radical (unpaired) electrons. The Morgan fingerprint density at radius 3 is 2.64 bits per heavy atom. The first-order chi connectivity index (χ1) is 6.56. The van der Waals surface area contributed by atoms with Crippen molar-refractivity contribution in [3.05, 3.63) is 32.7 Å². The molecule has 0 bridgehead atoms. The van der Waals surface area contributed by atoms with Crippen LogP contribution in [0.5, 0.6) is 0 Å². The Morgan fingerprint density at radius 2 is 2.07 bits per heavy atom. The second-order valence-electron chi connectivity index (χ2n) is 2.94. The maximum atomic E-state index is 11.8. The van der Waals surface area contributed by atoms with Gasteiger partial charge in [-0.05, 0) is 41.1 Å². The summed E-state index contributed by atoms with van der Waals surface area (Å²) in [4.78, 5) is 13.5. The van der Waals surface area contributed by atoms with Gasteiger partial charge in [-0.25, -0.2) is 0 Å². The van der Waals surface area contributed by atoms with Gasteiger partial charge in [-0.15, -0.1) is 0 Å². The van der Waals surface area contributed by atoms with E-state index in [1.807, 2.05) is 25.1 Å². The van der Waals surface area contributed by atoms with Crippen molar-refractivity contribution in [1.29, 1.82) is 0 Å². The first-order valence-corrected chi connectivity index (χ1v) is 5.85. The summed E-state index contributed by atoms with van der Waals surface area (Å²) in [6.45, 7) is 2.65. The zero-order valence-electron chi connectivity index (χ0n) is 8.05. The number of benzene rings is 1. The second-order valence-corrected chi connectivity index (χ2v) is 4.71. The van der Waals surface area contributed by atoms with Crippen LogP contribution in [0.15, 0.2) is 27.1 Å². The minimum Gasteiger partial charge on any atom is -0.342 e. The Hall–Kier alpha value is -0.350. The fraction of sp³-hybridized carbons (Fsp3) is 0.300. The van der Waals surface area contributed by atoms with E-state index in [9.17, 15) is 4.79 Å². The van der Waals surface area contributed by atoms with E-state index in [1.54, 1.807) is 11.9 Å². The van der Waals surface area contributed by atoms with Gasteiger partial charge in [-0.2, -0.15) is 0 Å². The highest BCUT2D eigenvalue weighted by Crippen LogP contribution is 2.22. The number of hydrogen-bond donors (Lipinski definition) is 0. The molecule has 0 fully saturated rings. The lowest BCUT2D eigenvalue weighted by atomic mass is 10.2. The molecule has 0 aromatic heterocycles. The lowest BCUT2D eigenvalue weighted by Crippen LogP contribution is -2.26. The van der Waals surface area contributed by atoms with Crippen molar-refractivity contribution in [3.63, 3.8) is 0 Å². The first kappa shape index (κ1) is 11.7. The zero-order valence-corrected chi connectivity index (χ0v) is 11.2. The third-order valence-corrected chi connectivity index (χ3v) is 3.16. The van der Waals surface area contributed by atoms with E-state index in [0.717, 1.165) is 8.95 Å². The summed E-state index contributed by atoms with van der Waals surface area (Å²) in [6, 6.07) is 5.58. The van der Waals surface area contributed by atoms with Gasteiger partial charge >= 0.3 is 0 Å². The van der Waals surface area contributed by atoms with E-state index in [0.29, 0.717) is 12.1 Å². The molecule has 1 amide bonds. The number of nitrogens with zero attached hydrogens (tertiary/aromatic N) is 1. The van der Waals surface area contributed by atoms with Crippen molar-refractivity contribution in [3.8, 4) is 0 Å². The molecular formula is C10H11Br2NO. The quantitative estimate of drug-likeness (QED) is 0.818. The number of rotatable bonds is 2. The molecule has 0 heterocycles. The number of halogens is 2. The predicted molar refractivity (Wildman–Crippen MR) is 64.5 cm³/mol. The molecule has 0 aliphatic heterocycles. The summed E-state index contributed by atoms with van der Waals surface area (Å²) in [5.41, 5.74) is 0.684. The van der Waals surface area contributed by atoms with Crippen molar-refractivity contribution in [1.82, 2.24) is 4.90 Å². The van der Waals surface area contributed by atoms with Crippen LogP contribution in [0.4, 0.5) is 0 Å². The molecule has 0 aliphatic carbocycles. The maximum Gasteiger partial charge on any atom is 0.254 e. The van der Waals surface area contributed by atoms with Crippen molar-refractivity contribution in [2.24, 2.45) is 0 Å². The second kappa shape index (κ2) is 4.94. The Labute approximate surface area is 101 Å². The normalized spacial score (nSPS) is 10.0. The molecule has 1 aromatic carbocycles. The highest BCUT2D eigenvalue weighted by Gasteiger charge is 2.13. The lowest BCUT2D eigenvalue weighted by molar-refractivity contribution is 0.0801. The summed E-state index contributed by atoms with van der Waals surface area (Å²) in [6.07, 6.45) is 0. The Morgan fingerprint density at radius 1 is 1.43 bits per heavy atom. The van der Waals surface area contributed by atoms with Gasteiger partial charge in [0.25, 0.3) is 5.91 Å². The van der Waals surface area contributed by atoms with Gasteiger partial charge in [0.15, 0.2) is 0 Å². The van der Waals surface area contributed by atoms with Gasteiger partial charge in [0.2, 0.25) is 0 Å². The van der Waals surface area contributed by atoms with Gasteiger partial charge in [0, 0.05) is 22.5 Å². The summed E-state index contributed by atoms with van der Waals surface area (Å²) in [7, 11) is 1.79. The largest absolute Gasteiger partial charge is 0.342 e. The van der Waals surface area contributed by atoms with Crippen LogP contribution in [0.2, 0.25) is 0 Å².